The van der Waals surface area contributed by atoms with Gasteiger partial charge in [-0.2, -0.15) is 15.3 Å². The second kappa shape index (κ2) is 6.05. The number of H-pyrrole nitrogens is 1. The Morgan fingerprint density at radius 1 is 1.11 bits per heavy atom. The summed E-state index contributed by atoms with van der Waals surface area (Å²) in [6.45, 7) is 0. The van der Waals surface area contributed by atoms with Gasteiger partial charge < -0.3 is 5.73 Å². The number of nitrogens with one attached hydrogen (secondary N) is 1. The number of hydrogen-bond donors (Lipinski definition) is 2. The molecule has 28 heavy (non-hydrogen) atoms. The van der Waals surface area contributed by atoms with Crippen molar-refractivity contribution in [1.82, 2.24) is 25.4 Å². The van der Waals surface area contributed by atoms with E-state index >= 15 is 0 Å². The molecule has 8 heteroatoms. The first kappa shape index (κ1) is 16.7. The molecule has 0 bridgehead atoms. The van der Waals surface area contributed by atoms with Crippen LogP contribution in [0.2, 0.25) is 0 Å². The first-order valence-corrected chi connectivity index (χ1v) is 8.90. The highest BCUT2D eigenvalue weighted by Gasteiger charge is 2.51. The van der Waals surface area contributed by atoms with E-state index in [9.17, 15) is 8.78 Å². The highest BCUT2D eigenvalue weighted by Crippen LogP contribution is 2.49. The first-order valence-electron chi connectivity index (χ1n) is 8.90. The summed E-state index contributed by atoms with van der Waals surface area (Å²) in [5, 5.41) is 16.3. The summed E-state index contributed by atoms with van der Waals surface area (Å²) in [4.78, 5) is 4.17. The van der Waals surface area contributed by atoms with E-state index in [0.717, 1.165) is 16.5 Å². The predicted molar refractivity (Wildman–Crippen MR) is 101 cm³/mol. The number of benzene rings is 1. The van der Waals surface area contributed by atoms with Crippen molar-refractivity contribution in [2.24, 2.45) is 0 Å². The molecule has 0 amide bonds. The lowest BCUT2D eigenvalue weighted by molar-refractivity contribution is 0.113. The molecule has 5 rings (SSSR count). The SMILES string of the molecule is Nc1n[nH]c2ccc(-c3ccc(C4(c5ncccc5F)CC(F)C4)nn3)cc12. The van der Waals surface area contributed by atoms with Gasteiger partial charge in [0.1, 0.15) is 12.0 Å². The standard InChI is InChI=1S/C20H16F2N6/c21-12-9-20(10-12,18-14(22)2-1-7-24-18)17-6-5-15(25-27-17)11-3-4-16-13(8-11)19(23)28-26-16/h1-8,12H,9-10H2,(H3,23,26,28). The van der Waals surface area contributed by atoms with Crippen LogP contribution in [0.4, 0.5) is 14.6 Å². The zero-order chi connectivity index (χ0) is 19.3. The average molecular weight is 378 g/mol. The zero-order valence-corrected chi connectivity index (χ0v) is 14.7. The van der Waals surface area contributed by atoms with Crippen molar-refractivity contribution >= 4 is 16.7 Å². The molecular formula is C20H16F2N6. The Labute approximate surface area is 158 Å². The number of halogens is 2. The zero-order valence-electron chi connectivity index (χ0n) is 14.7. The summed E-state index contributed by atoms with van der Waals surface area (Å²) >= 11 is 0. The summed E-state index contributed by atoms with van der Waals surface area (Å²) < 4.78 is 28.2. The smallest absolute Gasteiger partial charge is 0.153 e. The van der Waals surface area contributed by atoms with E-state index in [-0.39, 0.29) is 18.5 Å². The van der Waals surface area contributed by atoms with E-state index in [0.29, 0.717) is 17.2 Å². The molecule has 1 saturated carbocycles. The maximum absolute atomic E-state index is 14.4. The van der Waals surface area contributed by atoms with Crippen LogP contribution >= 0.6 is 0 Å². The molecule has 3 aromatic heterocycles. The van der Waals surface area contributed by atoms with Crippen LogP contribution in [0.3, 0.4) is 0 Å². The Morgan fingerprint density at radius 3 is 2.68 bits per heavy atom. The minimum absolute atomic E-state index is 0.145. The number of rotatable bonds is 3. The molecule has 0 radical (unpaired) electrons. The summed E-state index contributed by atoms with van der Waals surface area (Å²) in [5.41, 5.74) is 8.03. The van der Waals surface area contributed by atoms with E-state index < -0.39 is 17.4 Å². The molecular weight excluding hydrogens is 362 g/mol. The summed E-state index contributed by atoms with van der Waals surface area (Å²) in [6, 6.07) is 12.1. The van der Waals surface area contributed by atoms with Crippen molar-refractivity contribution in [3.05, 3.63) is 65.9 Å². The summed E-state index contributed by atoms with van der Waals surface area (Å²) in [6.07, 6.45) is 0.797. The van der Waals surface area contributed by atoms with Crippen molar-refractivity contribution in [3.8, 4) is 11.3 Å². The number of nitrogens with zero attached hydrogens (tertiary/aromatic N) is 4. The Balaban J connectivity index is 1.54. The topological polar surface area (TPSA) is 93.4 Å². The molecule has 0 saturated heterocycles. The maximum atomic E-state index is 14.4. The van der Waals surface area contributed by atoms with E-state index in [1.54, 1.807) is 12.1 Å². The van der Waals surface area contributed by atoms with Crippen LogP contribution in [-0.2, 0) is 5.41 Å². The number of aromatic amines is 1. The molecule has 0 atom stereocenters. The van der Waals surface area contributed by atoms with E-state index in [2.05, 4.69) is 25.4 Å². The van der Waals surface area contributed by atoms with Crippen molar-refractivity contribution < 1.29 is 8.78 Å². The Kier molecular flexibility index (Phi) is 3.61. The third-order valence-corrected chi connectivity index (χ3v) is 5.39. The highest BCUT2D eigenvalue weighted by molar-refractivity contribution is 5.91. The lowest BCUT2D eigenvalue weighted by Gasteiger charge is -2.42. The van der Waals surface area contributed by atoms with Crippen LogP contribution in [0.25, 0.3) is 22.2 Å². The largest absolute Gasteiger partial charge is 0.382 e. The van der Waals surface area contributed by atoms with Crippen LogP contribution in [0.1, 0.15) is 24.2 Å². The molecule has 3 heterocycles. The van der Waals surface area contributed by atoms with Crippen molar-refractivity contribution in [3.63, 3.8) is 0 Å². The van der Waals surface area contributed by atoms with Crippen LogP contribution in [0.15, 0.2) is 48.7 Å². The van der Waals surface area contributed by atoms with Gasteiger partial charge in [0.05, 0.1) is 28.0 Å². The Bertz CT molecular complexity index is 1170. The number of nitrogens with two attached hydrogens (primary N) is 1. The molecule has 140 valence electrons. The average Bonchev–Trinajstić information content (AvgIpc) is 3.06. The molecule has 1 aromatic carbocycles. The molecule has 1 aliphatic carbocycles. The van der Waals surface area contributed by atoms with Crippen molar-refractivity contribution in [2.45, 2.75) is 24.4 Å². The lowest BCUT2D eigenvalue weighted by atomic mass is 9.63. The molecule has 0 unspecified atom stereocenters. The molecule has 0 spiro atoms. The predicted octanol–water partition coefficient (Wildman–Crippen LogP) is 3.55. The summed E-state index contributed by atoms with van der Waals surface area (Å²) in [5.74, 6) is -0.0457. The number of hydrogen-bond acceptors (Lipinski definition) is 5. The first-order chi connectivity index (χ1) is 13.6. The normalized spacial score (nSPS) is 21.6. The molecule has 0 aliphatic heterocycles. The molecule has 6 nitrogen and oxygen atoms in total. The number of fused-ring (bicyclic) bond motifs is 1. The monoisotopic (exact) mass is 378 g/mol. The van der Waals surface area contributed by atoms with Gasteiger partial charge in [0.2, 0.25) is 0 Å². The van der Waals surface area contributed by atoms with Crippen LogP contribution in [0.5, 0.6) is 0 Å². The van der Waals surface area contributed by atoms with Gasteiger partial charge in [-0.15, -0.1) is 0 Å². The van der Waals surface area contributed by atoms with E-state index in [4.69, 9.17) is 5.73 Å². The summed E-state index contributed by atoms with van der Waals surface area (Å²) in [7, 11) is 0. The minimum Gasteiger partial charge on any atom is -0.382 e. The van der Waals surface area contributed by atoms with Gasteiger partial charge in [-0.3, -0.25) is 10.1 Å². The maximum Gasteiger partial charge on any atom is 0.153 e. The van der Waals surface area contributed by atoms with Gasteiger partial charge in [-0.1, -0.05) is 6.07 Å². The third kappa shape index (κ3) is 2.45. The minimum atomic E-state index is -1.01. The molecule has 4 aromatic rings. The number of anilines is 1. The fraction of sp³-hybridized carbons (Fsp3) is 0.200. The number of aromatic nitrogens is 5. The fourth-order valence-electron chi connectivity index (χ4n) is 3.89. The van der Waals surface area contributed by atoms with Gasteiger partial charge in [-0.05, 0) is 49.2 Å². The third-order valence-electron chi connectivity index (χ3n) is 5.39. The second-order valence-electron chi connectivity index (χ2n) is 7.09. The molecule has 1 aliphatic rings. The van der Waals surface area contributed by atoms with E-state index in [1.807, 2.05) is 18.2 Å². The van der Waals surface area contributed by atoms with Gasteiger partial charge in [-0.25, -0.2) is 8.78 Å². The quantitative estimate of drug-likeness (QED) is 0.569. The second-order valence-corrected chi connectivity index (χ2v) is 7.09. The Hall–Kier alpha value is -3.42. The van der Waals surface area contributed by atoms with Crippen LogP contribution < -0.4 is 5.73 Å². The Morgan fingerprint density at radius 2 is 1.96 bits per heavy atom. The molecule has 3 N–H and O–H groups in total. The van der Waals surface area contributed by atoms with Gasteiger partial charge in [0.25, 0.3) is 0 Å². The highest BCUT2D eigenvalue weighted by atomic mass is 19.1. The number of pyridine rings is 1. The van der Waals surface area contributed by atoms with Crippen molar-refractivity contribution in [2.75, 3.05) is 5.73 Å². The molecule has 1 fully saturated rings. The van der Waals surface area contributed by atoms with E-state index in [1.165, 1.54) is 18.3 Å². The fourth-order valence-corrected chi connectivity index (χ4v) is 3.89. The van der Waals surface area contributed by atoms with Gasteiger partial charge in [0.15, 0.2) is 5.82 Å². The van der Waals surface area contributed by atoms with Crippen molar-refractivity contribution in [1.29, 1.82) is 0 Å². The number of nitrogen functional groups attached to an aromatic ring is 1. The number of alkyl halides is 1. The lowest BCUT2D eigenvalue weighted by Crippen LogP contribution is -2.45. The van der Waals surface area contributed by atoms with Crippen LogP contribution in [-0.4, -0.2) is 31.6 Å². The van der Waals surface area contributed by atoms with Gasteiger partial charge in [0, 0.05) is 17.1 Å². The van der Waals surface area contributed by atoms with Gasteiger partial charge >= 0.3 is 0 Å². The van der Waals surface area contributed by atoms with Crippen LogP contribution in [0, 0.1) is 5.82 Å².